The van der Waals surface area contributed by atoms with Crippen LogP contribution < -0.4 is 5.32 Å². The second-order valence-electron chi connectivity index (χ2n) is 5.33. The van der Waals surface area contributed by atoms with Gasteiger partial charge in [-0.2, -0.15) is 0 Å². The van der Waals surface area contributed by atoms with E-state index < -0.39 is 0 Å². The Morgan fingerprint density at radius 2 is 2.10 bits per heavy atom. The summed E-state index contributed by atoms with van der Waals surface area (Å²) in [5.41, 5.74) is 2.76. The van der Waals surface area contributed by atoms with E-state index in [-0.39, 0.29) is 18.4 Å². The largest absolute Gasteiger partial charge is 0.395 e. The van der Waals surface area contributed by atoms with E-state index in [1.54, 1.807) is 0 Å². The molecule has 2 N–H and O–H groups in total. The molecule has 0 aliphatic heterocycles. The van der Waals surface area contributed by atoms with Crippen molar-refractivity contribution in [2.75, 3.05) is 11.9 Å². The zero-order valence-corrected chi connectivity index (χ0v) is 11.9. The number of nitrogens with one attached hydrogen (secondary N) is 1. The maximum atomic E-state index is 12.1. The molecule has 0 spiro atoms. The van der Waals surface area contributed by atoms with Crippen LogP contribution in [0.1, 0.15) is 43.2 Å². The molecule has 0 unspecified atom stereocenters. The van der Waals surface area contributed by atoms with E-state index in [0.29, 0.717) is 6.42 Å². The highest BCUT2D eigenvalue weighted by molar-refractivity contribution is 5.93. The van der Waals surface area contributed by atoms with Crippen LogP contribution in [0.15, 0.2) is 18.2 Å². The summed E-state index contributed by atoms with van der Waals surface area (Å²) in [6.07, 6.45) is 4.78. The molecule has 1 aliphatic rings. The van der Waals surface area contributed by atoms with Crippen LogP contribution in [-0.2, 0) is 4.79 Å². The summed E-state index contributed by atoms with van der Waals surface area (Å²) in [5.74, 6) is 6.20. The van der Waals surface area contributed by atoms with Crippen molar-refractivity contribution in [2.24, 2.45) is 5.92 Å². The third kappa shape index (κ3) is 4.11. The number of hydrogen-bond acceptors (Lipinski definition) is 2. The van der Waals surface area contributed by atoms with Crippen molar-refractivity contribution in [3.63, 3.8) is 0 Å². The van der Waals surface area contributed by atoms with Crippen LogP contribution >= 0.6 is 0 Å². The lowest BCUT2D eigenvalue weighted by Crippen LogP contribution is -2.20. The molecule has 3 nitrogen and oxygen atoms in total. The minimum atomic E-state index is 0.0735. The summed E-state index contributed by atoms with van der Waals surface area (Å²) in [5, 5.41) is 11.7. The molecule has 3 heteroatoms. The lowest BCUT2D eigenvalue weighted by Gasteiger charge is -2.11. The SMILES string of the molecule is Cc1cc(C#CCCO)cc(NC(=O)C2CCCC2)c1. The first-order valence-corrected chi connectivity index (χ1v) is 7.21. The van der Waals surface area contributed by atoms with E-state index in [1.165, 1.54) is 0 Å². The first kappa shape index (κ1) is 14.6. The Morgan fingerprint density at radius 3 is 2.80 bits per heavy atom. The molecule has 106 valence electrons. The van der Waals surface area contributed by atoms with Gasteiger partial charge in [0.25, 0.3) is 0 Å². The van der Waals surface area contributed by atoms with Crippen molar-refractivity contribution in [3.8, 4) is 11.8 Å². The minimum absolute atomic E-state index is 0.0735. The number of hydrogen-bond donors (Lipinski definition) is 2. The van der Waals surface area contributed by atoms with E-state index in [2.05, 4.69) is 17.2 Å². The van der Waals surface area contributed by atoms with Gasteiger partial charge < -0.3 is 10.4 Å². The molecule has 0 radical (unpaired) electrons. The smallest absolute Gasteiger partial charge is 0.227 e. The van der Waals surface area contributed by atoms with E-state index >= 15 is 0 Å². The highest BCUT2D eigenvalue weighted by Crippen LogP contribution is 2.26. The molecule has 1 aromatic rings. The molecule has 20 heavy (non-hydrogen) atoms. The molecule has 0 heterocycles. The molecule has 0 saturated heterocycles. The van der Waals surface area contributed by atoms with Gasteiger partial charge in [-0.1, -0.05) is 24.7 Å². The van der Waals surface area contributed by atoms with E-state index in [1.807, 2.05) is 25.1 Å². The van der Waals surface area contributed by atoms with Crippen LogP contribution in [-0.4, -0.2) is 17.6 Å². The van der Waals surface area contributed by atoms with Gasteiger partial charge in [0.1, 0.15) is 0 Å². The fraction of sp³-hybridized carbons (Fsp3) is 0.471. The summed E-state index contributed by atoms with van der Waals surface area (Å²) in [4.78, 5) is 12.1. The van der Waals surface area contributed by atoms with Gasteiger partial charge in [0.15, 0.2) is 0 Å². The number of amides is 1. The van der Waals surface area contributed by atoms with Crippen LogP contribution in [0.25, 0.3) is 0 Å². The number of carbonyl (C=O) groups is 1. The fourth-order valence-electron chi connectivity index (χ4n) is 2.58. The van der Waals surface area contributed by atoms with Gasteiger partial charge in [-0.3, -0.25) is 4.79 Å². The Hall–Kier alpha value is -1.79. The summed E-state index contributed by atoms with van der Waals surface area (Å²) in [7, 11) is 0. The molecule has 1 fully saturated rings. The molecule has 2 rings (SSSR count). The lowest BCUT2D eigenvalue weighted by atomic mass is 10.1. The molecule has 1 aromatic carbocycles. The Labute approximate surface area is 120 Å². The van der Waals surface area contributed by atoms with E-state index in [0.717, 1.165) is 42.5 Å². The van der Waals surface area contributed by atoms with Crippen LogP contribution in [0.3, 0.4) is 0 Å². The quantitative estimate of drug-likeness (QED) is 0.831. The number of aliphatic hydroxyl groups excluding tert-OH is 1. The number of rotatable bonds is 3. The third-order valence-corrected chi connectivity index (χ3v) is 3.54. The molecule has 0 bridgehead atoms. The van der Waals surface area contributed by atoms with Gasteiger partial charge in [-0.15, -0.1) is 0 Å². The molecule has 0 aromatic heterocycles. The highest BCUT2D eigenvalue weighted by Gasteiger charge is 2.22. The summed E-state index contributed by atoms with van der Waals surface area (Å²) >= 11 is 0. The summed E-state index contributed by atoms with van der Waals surface area (Å²) < 4.78 is 0. The monoisotopic (exact) mass is 271 g/mol. The van der Waals surface area contributed by atoms with Crippen LogP contribution in [0.2, 0.25) is 0 Å². The maximum Gasteiger partial charge on any atom is 0.227 e. The van der Waals surface area contributed by atoms with Crippen molar-refractivity contribution in [1.82, 2.24) is 0 Å². The van der Waals surface area contributed by atoms with Gasteiger partial charge in [0, 0.05) is 23.6 Å². The Kier molecular flexibility index (Phi) is 5.20. The zero-order valence-electron chi connectivity index (χ0n) is 11.9. The molecule has 1 aliphatic carbocycles. The second kappa shape index (κ2) is 7.12. The van der Waals surface area contributed by atoms with Gasteiger partial charge >= 0.3 is 0 Å². The van der Waals surface area contributed by atoms with E-state index in [9.17, 15) is 4.79 Å². The average Bonchev–Trinajstić information content (AvgIpc) is 2.92. The van der Waals surface area contributed by atoms with Crippen LogP contribution in [0, 0.1) is 24.7 Å². The molecule has 1 amide bonds. The maximum absolute atomic E-state index is 12.1. The zero-order chi connectivity index (χ0) is 14.4. The number of anilines is 1. The summed E-state index contributed by atoms with van der Waals surface area (Å²) in [6.45, 7) is 2.06. The van der Waals surface area contributed by atoms with Gasteiger partial charge in [-0.25, -0.2) is 0 Å². The number of aryl methyl sites for hydroxylation is 1. The fourth-order valence-corrected chi connectivity index (χ4v) is 2.58. The van der Waals surface area contributed by atoms with Crippen molar-refractivity contribution in [1.29, 1.82) is 0 Å². The van der Waals surface area contributed by atoms with Gasteiger partial charge in [-0.05, 0) is 43.5 Å². The average molecular weight is 271 g/mol. The standard InChI is InChI=1S/C17H21NO2/c1-13-10-14(6-4-5-9-19)12-16(11-13)18-17(20)15-7-2-3-8-15/h10-12,15,19H,2-3,5,7-9H2,1H3,(H,18,20). The highest BCUT2D eigenvalue weighted by atomic mass is 16.2. The Bertz CT molecular complexity index is 534. The third-order valence-electron chi connectivity index (χ3n) is 3.54. The summed E-state index contributed by atoms with van der Waals surface area (Å²) in [6, 6.07) is 5.84. The predicted molar refractivity (Wildman–Crippen MR) is 80.3 cm³/mol. The second-order valence-corrected chi connectivity index (χ2v) is 5.33. The molecular formula is C17H21NO2. The van der Waals surface area contributed by atoms with Gasteiger partial charge in [0.05, 0.1) is 6.61 Å². The van der Waals surface area contributed by atoms with Crippen LogP contribution in [0.4, 0.5) is 5.69 Å². The topological polar surface area (TPSA) is 49.3 Å². The van der Waals surface area contributed by atoms with Crippen molar-refractivity contribution < 1.29 is 9.90 Å². The first-order chi connectivity index (χ1) is 9.69. The molecule has 0 atom stereocenters. The predicted octanol–water partition coefficient (Wildman–Crippen LogP) is 2.86. The molecule has 1 saturated carbocycles. The van der Waals surface area contributed by atoms with Crippen molar-refractivity contribution >= 4 is 11.6 Å². The lowest BCUT2D eigenvalue weighted by molar-refractivity contribution is -0.119. The first-order valence-electron chi connectivity index (χ1n) is 7.21. The van der Waals surface area contributed by atoms with Crippen LogP contribution in [0.5, 0.6) is 0 Å². The van der Waals surface area contributed by atoms with E-state index in [4.69, 9.17) is 5.11 Å². The molecular weight excluding hydrogens is 250 g/mol. The number of aliphatic hydroxyl groups is 1. The number of benzene rings is 1. The minimum Gasteiger partial charge on any atom is -0.395 e. The Morgan fingerprint density at radius 1 is 1.35 bits per heavy atom. The Balaban J connectivity index is 2.07. The number of carbonyl (C=O) groups excluding carboxylic acids is 1. The van der Waals surface area contributed by atoms with Crippen molar-refractivity contribution in [2.45, 2.75) is 39.0 Å². The van der Waals surface area contributed by atoms with Crippen molar-refractivity contribution in [3.05, 3.63) is 29.3 Å². The normalized spacial score (nSPS) is 14.7. The van der Waals surface area contributed by atoms with Gasteiger partial charge in [0.2, 0.25) is 5.91 Å².